The van der Waals surface area contributed by atoms with Crippen molar-refractivity contribution in [3.05, 3.63) is 78.2 Å². The summed E-state index contributed by atoms with van der Waals surface area (Å²) in [6, 6.07) is 15.2. The third kappa shape index (κ3) is 4.46. The minimum atomic E-state index is -4.39. The second kappa shape index (κ2) is 8.08. The number of para-hydroxylation sites is 1. The maximum absolute atomic E-state index is 12.8. The molecule has 0 bridgehead atoms. The van der Waals surface area contributed by atoms with Gasteiger partial charge in [0.1, 0.15) is 17.8 Å². The predicted octanol–water partition coefficient (Wildman–Crippen LogP) is 4.91. The summed E-state index contributed by atoms with van der Waals surface area (Å²) >= 11 is 0. The summed E-state index contributed by atoms with van der Waals surface area (Å²) < 4.78 is 38.0. The summed E-state index contributed by atoms with van der Waals surface area (Å²) in [5.74, 6) is 0.00814. The summed E-state index contributed by atoms with van der Waals surface area (Å²) in [5.41, 5.74) is 0.597. The highest BCUT2D eigenvalue weighted by atomic mass is 19.4. The number of carbonyl (C=O) groups excluding carboxylic acids is 1. The van der Waals surface area contributed by atoms with E-state index in [1.807, 2.05) is 37.3 Å². The molecule has 0 fully saturated rings. The Hall–Kier alpha value is -3.42. The number of amides is 1. The first-order valence-corrected chi connectivity index (χ1v) is 8.51. The van der Waals surface area contributed by atoms with Crippen molar-refractivity contribution in [2.24, 2.45) is 0 Å². The zero-order valence-corrected chi connectivity index (χ0v) is 14.9. The van der Waals surface area contributed by atoms with Crippen LogP contribution in [0.5, 0.6) is 0 Å². The summed E-state index contributed by atoms with van der Waals surface area (Å²) in [6.45, 7) is 2.31. The molecule has 28 heavy (non-hydrogen) atoms. The van der Waals surface area contributed by atoms with Crippen LogP contribution in [0.2, 0.25) is 0 Å². The Morgan fingerprint density at radius 1 is 1.04 bits per heavy atom. The van der Waals surface area contributed by atoms with E-state index >= 15 is 0 Å². The number of nitrogens with one attached hydrogen (secondary N) is 1. The average molecular weight is 386 g/mol. The number of carbonyl (C=O) groups is 1. The minimum Gasteiger partial charge on any atom is -0.340 e. The molecule has 1 amide bonds. The molecule has 0 unspecified atom stereocenters. The van der Waals surface area contributed by atoms with E-state index in [9.17, 15) is 18.0 Å². The number of halogens is 3. The van der Waals surface area contributed by atoms with Gasteiger partial charge in [-0.25, -0.2) is 9.97 Å². The zero-order chi connectivity index (χ0) is 20.1. The Bertz CT molecular complexity index is 944. The maximum Gasteiger partial charge on any atom is 0.416 e. The van der Waals surface area contributed by atoms with Crippen molar-refractivity contribution in [3.8, 4) is 0 Å². The van der Waals surface area contributed by atoms with E-state index in [4.69, 9.17) is 0 Å². The molecule has 0 saturated carbocycles. The molecule has 1 N–H and O–H groups in total. The first-order valence-electron chi connectivity index (χ1n) is 8.51. The number of rotatable bonds is 5. The summed E-state index contributed by atoms with van der Waals surface area (Å²) in [6.07, 6.45) is -3.16. The molecule has 0 atom stereocenters. The number of hydrogen-bond donors (Lipinski definition) is 1. The van der Waals surface area contributed by atoms with Gasteiger partial charge in [0.25, 0.3) is 5.91 Å². The van der Waals surface area contributed by atoms with Crippen molar-refractivity contribution in [1.29, 1.82) is 0 Å². The lowest BCUT2D eigenvalue weighted by Gasteiger charge is -2.20. The molecule has 1 aromatic heterocycles. The lowest BCUT2D eigenvalue weighted by molar-refractivity contribution is -0.137. The standard InChI is InChI=1S/C20H17F3N4O/c1-2-27(16-6-4-3-5-7-16)19(28)17-12-18(25-13-24-17)26-15-10-8-14(9-11-15)20(21,22)23/h3-13H,2H2,1H3,(H,24,25,26). The molecule has 5 nitrogen and oxygen atoms in total. The Morgan fingerprint density at radius 2 is 1.71 bits per heavy atom. The third-order valence-corrected chi connectivity index (χ3v) is 4.00. The number of hydrogen-bond acceptors (Lipinski definition) is 4. The maximum atomic E-state index is 12.8. The number of anilines is 3. The van der Waals surface area contributed by atoms with Crippen molar-refractivity contribution < 1.29 is 18.0 Å². The van der Waals surface area contributed by atoms with Gasteiger partial charge in [0.05, 0.1) is 5.56 Å². The number of benzene rings is 2. The first kappa shape index (κ1) is 19.3. The highest BCUT2D eigenvalue weighted by Crippen LogP contribution is 2.30. The Morgan fingerprint density at radius 3 is 2.32 bits per heavy atom. The van der Waals surface area contributed by atoms with Crippen LogP contribution in [0.15, 0.2) is 67.0 Å². The fraction of sp³-hybridized carbons (Fsp3) is 0.150. The van der Waals surface area contributed by atoms with Crippen LogP contribution >= 0.6 is 0 Å². The smallest absolute Gasteiger partial charge is 0.340 e. The first-order chi connectivity index (χ1) is 13.4. The Labute approximate surface area is 159 Å². The molecule has 2 aromatic carbocycles. The lowest BCUT2D eigenvalue weighted by Crippen LogP contribution is -2.31. The van der Waals surface area contributed by atoms with E-state index in [0.29, 0.717) is 18.1 Å². The molecule has 3 aromatic rings. The molecule has 0 aliphatic rings. The molecule has 3 rings (SSSR count). The summed E-state index contributed by atoms with van der Waals surface area (Å²) in [5, 5.41) is 2.89. The van der Waals surface area contributed by atoms with Crippen LogP contribution in [0.4, 0.5) is 30.4 Å². The van der Waals surface area contributed by atoms with Crippen LogP contribution in [0.3, 0.4) is 0 Å². The van der Waals surface area contributed by atoms with E-state index in [1.54, 1.807) is 4.90 Å². The van der Waals surface area contributed by atoms with Gasteiger partial charge in [-0.05, 0) is 43.3 Å². The number of aromatic nitrogens is 2. The normalized spacial score (nSPS) is 11.1. The molecule has 0 saturated heterocycles. The van der Waals surface area contributed by atoms with Gasteiger partial charge in [-0.15, -0.1) is 0 Å². The molecule has 8 heteroatoms. The van der Waals surface area contributed by atoms with E-state index in [0.717, 1.165) is 17.8 Å². The SMILES string of the molecule is CCN(C(=O)c1cc(Nc2ccc(C(F)(F)F)cc2)ncn1)c1ccccc1. The third-order valence-electron chi connectivity index (χ3n) is 4.00. The molecular formula is C20H17F3N4O. The predicted molar refractivity (Wildman–Crippen MR) is 101 cm³/mol. The van der Waals surface area contributed by atoms with Crippen molar-refractivity contribution in [2.75, 3.05) is 16.8 Å². The fourth-order valence-corrected chi connectivity index (χ4v) is 2.62. The molecule has 144 valence electrons. The van der Waals surface area contributed by atoms with Gasteiger partial charge in [-0.1, -0.05) is 18.2 Å². The molecular weight excluding hydrogens is 369 g/mol. The fourth-order valence-electron chi connectivity index (χ4n) is 2.62. The van der Waals surface area contributed by atoms with Gasteiger partial charge in [0.2, 0.25) is 0 Å². The van der Waals surface area contributed by atoms with Crippen molar-refractivity contribution in [2.45, 2.75) is 13.1 Å². The van der Waals surface area contributed by atoms with Crippen LogP contribution in [0.25, 0.3) is 0 Å². The quantitative estimate of drug-likeness (QED) is 0.677. The van der Waals surface area contributed by atoms with Crippen LogP contribution in [-0.2, 0) is 6.18 Å². The van der Waals surface area contributed by atoms with E-state index < -0.39 is 11.7 Å². The van der Waals surface area contributed by atoms with Crippen molar-refractivity contribution in [1.82, 2.24) is 9.97 Å². The van der Waals surface area contributed by atoms with Gasteiger partial charge in [-0.2, -0.15) is 13.2 Å². The molecule has 1 heterocycles. The van der Waals surface area contributed by atoms with Crippen LogP contribution in [-0.4, -0.2) is 22.4 Å². The topological polar surface area (TPSA) is 58.1 Å². The number of alkyl halides is 3. The van der Waals surface area contributed by atoms with Crippen molar-refractivity contribution in [3.63, 3.8) is 0 Å². The monoisotopic (exact) mass is 386 g/mol. The van der Waals surface area contributed by atoms with Gasteiger partial charge < -0.3 is 10.2 Å². The molecule has 0 aliphatic carbocycles. The van der Waals surface area contributed by atoms with Crippen LogP contribution in [0.1, 0.15) is 23.0 Å². The van der Waals surface area contributed by atoms with Crippen molar-refractivity contribution >= 4 is 23.1 Å². The number of nitrogens with zero attached hydrogens (tertiary/aromatic N) is 3. The summed E-state index contributed by atoms with van der Waals surface area (Å²) in [4.78, 5) is 22.5. The van der Waals surface area contributed by atoms with Crippen LogP contribution in [0, 0.1) is 0 Å². The van der Waals surface area contributed by atoms with Gasteiger partial charge >= 0.3 is 6.18 Å². The molecule has 0 radical (unpaired) electrons. The highest BCUT2D eigenvalue weighted by molar-refractivity contribution is 6.05. The van der Waals surface area contributed by atoms with E-state index in [2.05, 4.69) is 15.3 Å². The molecule has 0 aliphatic heterocycles. The van der Waals surface area contributed by atoms with E-state index in [-0.39, 0.29) is 11.6 Å². The zero-order valence-electron chi connectivity index (χ0n) is 14.9. The van der Waals surface area contributed by atoms with Gasteiger partial charge in [-0.3, -0.25) is 4.79 Å². The second-order valence-electron chi connectivity index (χ2n) is 5.87. The Balaban J connectivity index is 1.79. The van der Waals surface area contributed by atoms with Gasteiger partial charge in [0.15, 0.2) is 0 Å². The van der Waals surface area contributed by atoms with Crippen LogP contribution < -0.4 is 10.2 Å². The highest BCUT2D eigenvalue weighted by Gasteiger charge is 2.30. The minimum absolute atomic E-state index is 0.176. The van der Waals surface area contributed by atoms with E-state index in [1.165, 1.54) is 24.5 Å². The average Bonchev–Trinajstić information content (AvgIpc) is 2.69. The largest absolute Gasteiger partial charge is 0.416 e. The van der Waals surface area contributed by atoms with Gasteiger partial charge in [0, 0.05) is 24.0 Å². The second-order valence-corrected chi connectivity index (χ2v) is 5.87. The Kier molecular flexibility index (Phi) is 5.58. The lowest BCUT2D eigenvalue weighted by atomic mass is 10.2. The molecule has 0 spiro atoms. The summed E-state index contributed by atoms with van der Waals surface area (Å²) in [7, 11) is 0.